The van der Waals surface area contributed by atoms with Gasteiger partial charge in [0.05, 0.1) is 35.8 Å². The Balaban J connectivity index is 1.42. The number of carbonyl (C=O) groups is 4. The van der Waals surface area contributed by atoms with E-state index in [1.165, 1.54) is 12.1 Å². The van der Waals surface area contributed by atoms with Crippen LogP contribution in [-0.2, 0) is 31.5 Å². The Bertz CT molecular complexity index is 2270. The molecule has 0 unspecified atom stereocenters. The van der Waals surface area contributed by atoms with Gasteiger partial charge in [-0.15, -0.1) is 23.2 Å². The third-order valence-electron chi connectivity index (χ3n) is 10.6. The van der Waals surface area contributed by atoms with Crippen molar-refractivity contribution in [1.29, 1.82) is 0 Å². The van der Waals surface area contributed by atoms with Gasteiger partial charge < -0.3 is 9.84 Å². The molecule has 1 saturated carbocycles. The number of amides is 4. The van der Waals surface area contributed by atoms with Gasteiger partial charge in [-0.1, -0.05) is 17.7 Å². The maximum absolute atomic E-state index is 15.2. The highest BCUT2D eigenvalue weighted by Crippen LogP contribution is 2.66. The Labute approximate surface area is 316 Å². The third kappa shape index (κ3) is 5.25. The molecule has 21 heteroatoms. The molecule has 2 heterocycles. The standard InChI is InChI=1S/C35H19Cl2F11N2O6/c1-56-19-5-2-11(6-18(19)51)21-15-3-4-16-20(29(53)49(28(16)52)14-8-12(34(43,44)45)7-13(9-14)35(46,47)48)17(15)10-32(36)30(54)50(31(55)33(21,32)37)27-25(41)23(39)22(38)24(40)26(27)42/h2-3,5-9,16-17,20-21,51H,4,10H2,1H3/t16-,17+,20-,21-,32+,33-/m0/s1. The van der Waals surface area contributed by atoms with Crippen molar-refractivity contribution < 1.29 is 77.3 Å². The molecule has 6 atom stereocenters. The molecule has 0 aromatic heterocycles. The quantitative estimate of drug-likeness (QED) is 0.0716. The van der Waals surface area contributed by atoms with Crippen molar-refractivity contribution in [2.24, 2.45) is 17.8 Å². The minimum absolute atomic E-state index is 0.106. The first-order chi connectivity index (χ1) is 25.9. The van der Waals surface area contributed by atoms with E-state index < -0.39 is 144 Å². The highest BCUT2D eigenvalue weighted by atomic mass is 35.5. The molecule has 8 nitrogen and oxygen atoms in total. The van der Waals surface area contributed by atoms with Gasteiger partial charge in [0.25, 0.3) is 11.8 Å². The number of alkyl halides is 8. The Morgan fingerprint density at radius 1 is 0.750 bits per heavy atom. The van der Waals surface area contributed by atoms with Crippen LogP contribution >= 0.6 is 23.2 Å². The molecule has 0 radical (unpaired) electrons. The molecule has 4 amide bonds. The second-order valence-corrected chi connectivity index (χ2v) is 14.6. The summed E-state index contributed by atoms with van der Waals surface area (Å²) in [5.74, 6) is -26.8. The van der Waals surface area contributed by atoms with Gasteiger partial charge in [0.1, 0.15) is 5.69 Å². The summed E-state index contributed by atoms with van der Waals surface area (Å²) in [6.07, 6.45) is -11.0. The fraction of sp³-hybridized carbons (Fsp3) is 0.314. The minimum atomic E-state index is -5.38. The molecule has 1 N–H and O–H groups in total. The van der Waals surface area contributed by atoms with Crippen molar-refractivity contribution in [3.05, 3.63) is 93.8 Å². The average Bonchev–Trinajstić information content (AvgIpc) is 3.46. The van der Waals surface area contributed by atoms with E-state index in [1.54, 1.807) is 0 Å². The lowest BCUT2D eigenvalue weighted by atomic mass is 9.56. The number of carbonyl (C=O) groups excluding carboxylic acids is 4. The fourth-order valence-corrected chi connectivity index (χ4v) is 9.08. The number of phenolic OH excluding ortho intramolecular Hbond substituents is 1. The zero-order valence-electron chi connectivity index (χ0n) is 27.6. The molecule has 0 spiro atoms. The molecule has 56 heavy (non-hydrogen) atoms. The van der Waals surface area contributed by atoms with E-state index in [-0.39, 0.29) is 40.0 Å². The van der Waals surface area contributed by atoms with Crippen LogP contribution in [0.15, 0.2) is 48.0 Å². The van der Waals surface area contributed by atoms with Crippen LogP contribution < -0.4 is 14.5 Å². The van der Waals surface area contributed by atoms with Crippen molar-refractivity contribution in [2.75, 3.05) is 16.9 Å². The van der Waals surface area contributed by atoms with Crippen LogP contribution in [0.25, 0.3) is 0 Å². The van der Waals surface area contributed by atoms with E-state index in [9.17, 15) is 63.8 Å². The number of rotatable bonds is 4. The number of ether oxygens (including phenoxy) is 1. The van der Waals surface area contributed by atoms with E-state index in [0.717, 1.165) is 19.2 Å². The molecule has 2 aliphatic carbocycles. The Hall–Kier alpha value is -4.91. The van der Waals surface area contributed by atoms with Crippen LogP contribution in [0.5, 0.6) is 11.5 Å². The normalized spacial score (nSPS) is 27.7. The number of phenols is 1. The number of imide groups is 2. The number of halogens is 13. The first kappa shape index (κ1) is 39.3. The lowest BCUT2D eigenvalue weighted by Gasteiger charge is -2.50. The number of methoxy groups -OCH3 is 1. The van der Waals surface area contributed by atoms with Gasteiger partial charge in [0, 0.05) is 5.92 Å². The van der Waals surface area contributed by atoms with E-state index in [0.29, 0.717) is 0 Å². The molecule has 7 rings (SSSR count). The van der Waals surface area contributed by atoms with Gasteiger partial charge in [-0.3, -0.25) is 19.2 Å². The van der Waals surface area contributed by atoms with Crippen molar-refractivity contribution in [3.8, 4) is 11.5 Å². The SMILES string of the molecule is COc1ccc([C@H]2C3=CC[C@@H]4C(=O)N(c5cc(C(F)(F)F)cc(C(F)(F)F)c5)C(=O)[C@@H]4[C@@H]3C[C@@]3(Cl)C(=O)N(c4c(F)c(F)c(F)c(F)c4F)C(=O)[C@@]23Cl)cc1O. The third-order valence-corrected chi connectivity index (χ3v) is 12.0. The van der Waals surface area contributed by atoms with Gasteiger partial charge in [-0.2, -0.15) is 26.3 Å². The highest BCUT2D eigenvalue weighted by molar-refractivity contribution is 6.58. The number of aromatic hydroxyl groups is 1. The summed E-state index contributed by atoms with van der Waals surface area (Å²) in [6.45, 7) is 0. The predicted molar refractivity (Wildman–Crippen MR) is 170 cm³/mol. The van der Waals surface area contributed by atoms with E-state index in [2.05, 4.69) is 0 Å². The Morgan fingerprint density at radius 2 is 1.30 bits per heavy atom. The van der Waals surface area contributed by atoms with Gasteiger partial charge in [-0.05, 0) is 54.7 Å². The molecule has 2 saturated heterocycles. The molecule has 296 valence electrons. The zero-order chi connectivity index (χ0) is 41.4. The van der Waals surface area contributed by atoms with Gasteiger partial charge >= 0.3 is 12.4 Å². The first-order valence-electron chi connectivity index (χ1n) is 15.9. The molecule has 2 aliphatic heterocycles. The van der Waals surface area contributed by atoms with E-state index >= 15 is 8.78 Å². The number of allylic oxidation sites excluding steroid dienone is 2. The van der Waals surface area contributed by atoms with Crippen LogP contribution in [-0.4, -0.2) is 45.6 Å². The lowest BCUT2D eigenvalue weighted by molar-refractivity contribution is -0.143. The predicted octanol–water partition coefficient (Wildman–Crippen LogP) is 7.90. The number of nitrogens with zero attached hydrogens (tertiary/aromatic N) is 2. The second-order valence-electron chi connectivity index (χ2n) is 13.4. The molecule has 3 fully saturated rings. The fourth-order valence-electron chi connectivity index (χ4n) is 8.15. The van der Waals surface area contributed by atoms with Crippen LogP contribution in [0.4, 0.5) is 59.7 Å². The number of benzene rings is 3. The molecule has 3 aromatic rings. The van der Waals surface area contributed by atoms with Crippen LogP contribution in [0.1, 0.15) is 35.4 Å². The largest absolute Gasteiger partial charge is 0.504 e. The Kier molecular flexibility index (Phi) is 8.81. The summed E-state index contributed by atoms with van der Waals surface area (Å²) in [7, 11) is 1.15. The van der Waals surface area contributed by atoms with Gasteiger partial charge in [0.2, 0.25) is 17.6 Å². The van der Waals surface area contributed by atoms with Crippen molar-refractivity contribution >= 4 is 58.2 Å². The average molecular weight is 843 g/mol. The summed E-state index contributed by atoms with van der Waals surface area (Å²) in [6, 6.07) is 3.33. The molecular weight excluding hydrogens is 824 g/mol. The summed E-state index contributed by atoms with van der Waals surface area (Å²) >= 11 is 14.0. The molecule has 0 bridgehead atoms. The lowest BCUT2D eigenvalue weighted by Crippen LogP contribution is -2.60. The summed E-state index contributed by atoms with van der Waals surface area (Å²) in [4.78, 5) is 50.3. The number of hydrogen-bond donors (Lipinski definition) is 1. The Morgan fingerprint density at radius 3 is 1.82 bits per heavy atom. The van der Waals surface area contributed by atoms with Crippen LogP contribution in [0, 0.1) is 46.8 Å². The van der Waals surface area contributed by atoms with E-state index in [1.807, 2.05) is 0 Å². The van der Waals surface area contributed by atoms with Gasteiger partial charge in [0.15, 0.2) is 44.5 Å². The molecular formula is C35H19Cl2F11N2O6. The summed E-state index contributed by atoms with van der Waals surface area (Å²) < 4.78 is 161. The number of hydrogen-bond acceptors (Lipinski definition) is 6. The number of fused-ring (bicyclic) bond motifs is 4. The van der Waals surface area contributed by atoms with E-state index in [4.69, 9.17) is 27.9 Å². The van der Waals surface area contributed by atoms with Crippen molar-refractivity contribution in [2.45, 2.75) is 40.9 Å². The van der Waals surface area contributed by atoms with Crippen molar-refractivity contribution in [1.82, 2.24) is 0 Å². The second kappa shape index (κ2) is 12.5. The van der Waals surface area contributed by atoms with Crippen molar-refractivity contribution in [3.63, 3.8) is 0 Å². The topological polar surface area (TPSA) is 104 Å². The summed E-state index contributed by atoms with van der Waals surface area (Å²) in [5.41, 5.74) is -7.19. The van der Waals surface area contributed by atoms with Gasteiger partial charge in [-0.25, -0.2) is 31.8 Å². The first-order valence-corrected chi connectivity index (χ1v) is 16.7. The maximum Gasteiger partial charge on any atom is 0.416 e. The summed E-state index contributed by atoms with van der Waals surface area (Å²) in [5, 5.41) is 10.7. The zero-order valence-corrected chi connectivity index (χ0v) is 29.1. The molecule has 4 aliphatic rings. The smallest absolute Gasteiger partial charge is 0.416 e. The highest BCUT2D eigenvalue weighted by Gasteiger charge is 2.77. The van der Waals surface area contributed by atoms with Crippen LogP contribution in [0.2, 0.25) is 0 Å². The van der Waals surface area contributed by atoms with Crippen LogP contribution in [0.3, 0.4) is 0 Å². The minimum Gasteiger partial charge on any atom is -0.504 e. The monoisotopic (exact) mass is 842 g/mol. The number of anilines is 2. The molecule has 3 aromatic carbocycles. The maximum atomic E-state index is 15.2.